The summed E-state index contributed by atoms with van der Waals surface area (Å²) in [6.45, 7) is 6.77. The third kappa shape index (κ3) is 3.48. The second kappa shape index (κ2) is 7.80. The first-order chi connectivity index (χ1) is 16.0. The summed E-state index contributed by atoms with van der Waals surface area (Å²) in [6.07, 6.45) is 4.77. The van der Waals surface area contributed by atoms with E-state index in [1.807, 2.05) is 18.7 Å². The van der Waals surface area contributed by atoms with Crippen molar-refractivity contribution in [2.75, 3.05) is 18.0 Å². The maximum Gasteiger partial charge on any atom is 0.341 e. The fourth-order valence-corrected chi connectivity index (χ4v) is 6.18. The Kier molecular flexibility index (Phi) is 5.24. The highest BCUT2D eigenvalue weighted by Crippen LogP contribution is 2.48. The molecule has 3 heterocycles. The summed E-state index contributed by atoms with van der Waals surface area (Å²) in [5.74, 6) is -1.38. The van der Waals surface area contributed by atoms with E-state index >= 15 is 4.39 Å². The van der Waals surface area contributed by atoms with E-state index in [2.05, 4.69) is 5.32 Å². The Balaban J connectivity index is 1.56. The largest absolute Gasteiger partial charge is 0.477 e. The molecule has 3 aliphatic rings. The number of halogens is 1. The number of carboxylic acids is 1. The van der Waals surface area contributed by atoms with Crippen molar-refractivity contribution in [3.05, 3.63) is 45.1 Å². The molecular formula is C25H31FN4O4. The Morgan fingerprint density at radius 3 is 2.62 bits per heavy atom. The number of nitrogens with zero attached hydrogens (tertiary/aromatic N) is 2. The molecule has 0 aromatic carbocycles. The minimum absolute atomic E-state index is 0.157. The molecule has 4 N–H and O–H groups in total. The maximum absolute atomic E-state index is 15.5. The number of aromatic nitrogens is 1. The third-order valence-corrected chi connectivity index (χ3v) is 8.12. The van der Waals surface area contributed by atoms with E-state index in [0.29, 0.717) is 35.8 Å². The zero-order valence-electron chi connectivity index (χ0n) is 19.7. The van der Waals surface area contributed by atoms with E-state index in [-0.39, 0.29) is 23.3 Å². The van der Waals surface area contributed by atoms with Gasteiger partial charge in [-0.3, -0.25) is 14.0 Å². The number of carboxylic acid groups (broad SMARTS) is 1. The first-order valence-electron chi connectivity index (χ1n) is 12.0. The molecule has 1 aliphatic heterocycles. The van der Waals surface area contributed by atoms with Crippen molar-refractivity contribution in [3.63, 3.8) is 0 Å². The number of nitrogens with one attached hydrogen (secondary N) is 1. The number of aryl methyl sites for hydroxylation is 1. The quantitative estimate of drug-likeness (QED) is 0.618. The molecule has 0 radical (unpaired) electrons. The summed E-state index contributed by atoms with van der Waals surface area (Å²) in [5.41, 5.74) is 6.83. The van der Waals surface area contributed by atoms with Gasteiger partial charge in [-0.1, -0.05) is 0 Å². The highest BCUT2D eigenvalue weighted by Gasteiger charge is 2.51. The van der Waals surface area contributed by atoms with E-state index in [9.17, 15) is 19.5 Å². The van der Waals surface area contributed by atoms with Crippen molar-refractivity contribution in [2.24, 2.45) is 17.6 Å². The maximum atomic E-state index is 15.5. The van der Waals surface area contributed by atoms with Crippen molar-refractivity contribution < 1.29 is 19.1 Å². The van der Waals surface area contributed by atoms with Gasteiger partial charge in [0.2, 0.25) is 5.91 Å². The van der Waals surface area contributed by atoms with E-state index < -0.39 is 28.9 Å². The van der Waals surface area contributed by atoms with Crippen molar-refractivity contribution in [3.8, 4) is 0 Å². The van der Waals surface area contributed by atoms with Crippen LogP contribution in [0.5, 0.6) is 0 Å². The minimum atomic E-state index is -1.30. The molecule has 1 saturated heterocycles. The number of hydrogen-bond acceptors (Lipinski definition) is 5. The second-order valence-corrected chi connectivity index (χ2v) is 10.6. The van der Waals surface area contributed by atoms with Gasteiger partial charge in [0.25, 0.3) is 5.56 Å². The number of pyridine rings is 2. The third-order valence-electron chi connectivity index (χ3n) is 8.12. The molecule has 3 unspecified atom stereocenters. The number of carbonyl (C=O) groups excluding carboxylic acids is 1. The molecule has 5 rings (SSSR count). The number of carbonyl (C=O) groups is 2. The van der Waals surface area contributed by atoms with Crippen molar-refractivity contribution in [1.82, 2.24) is 9.72 Å². The van der Waals surface area contributed by atoms with Crippen LogP contribution in [0.4, 0.5) is 10.1 Å². The molecule has 34 heavy (non-hydrogen) atoms. The van der Waals surface area contributed by atoms with Crippen molar-refractivity contribution in [2.45, 2.75) is 64.0 Å². The molecule has 0 spiro atoms. The average Bonchev–Trinajstić information content (AvgIpc) is 3.44. The monoisotopic (exact) mass is 470 g/mol. The van der Waals surface area contributed by atoms with Crippen LogP contribution in [0.3, 0.4) is 0 Å². The molecule has 2 aromatic rings. The Morgan fingerprint density at radius 1 is 1.29 bits per heavy atom. The van der Waals surface area contributed by atoms with Crippen LogP contribution in [-0.4, -0.2) is 46.1 Å². The van der Waals surface area contributed by atoms with Gasteiger partial charge in [-0.15, -0.1) is 0 Å². The summed E-state index contributed by atoms with van der Waals surface area (Å²) in [4.78, 5) is 38.9. The van der Waals surface area contributed by atoms with Crippen LogP contribution in [0, 0.1) is 24.6 Å². The van der Waals surface area contributed by atoms with Crippen LogP contribution in [-0.2, 0) is 4.79 Å². The van der Waals surface area contributed by atoms with E-state index in [1.54, 1.807) is 6.92 Å². The van der Waals surface area contributed by atoms with Gasteiger partial charge in [-0.25, -0.2) is 9.18 Å². The van der Waals surface area contributed by atoms with Gasteiger partial charge in [0.15, 0.2) is 5.82 Å². The van der Waals surface area contributed by atoms with Gasteiger partial charge in [-0.2, -0.15) is 0 Å². The number of aromatic carboxylic acids is 1. The summed E-state index contributed by atoms with van der Waals surface area (Å²) < 4.78 is 16.7. The standard InChI is InChI=1S/C25H31FN4O4/c1-12-20-16(14-4-5-14)8-17(24(33)34)23(32)30(20)11-19(26)21(12)29-9-15-6-7-25(3,18(15)10-29)28-22(31)13(2)27/h8,11,13-15,18H,4-7,9-10,27H2,1-3H3,(H,28,31)(H,33,34)/t13-,15?,18?,25?/m0/s1. The fourth-order valence-electron chi connectivity index (χ4n) is 6.18. The summed E-state index contributed by atoms with van der Waals surface area (Å²) in [5, 5.41) is 12.6. The summed E-state index contributed by atoms with van der Waals surface area (Å²) in [7, 11) is 0. The molecule has 9 heteroatoms. The molecule has 8 nitrogen and oxygen atoms in total. The predicted octanol–water partition coefficient (Wildman–Crippen LogP) is 2.39. The molecule has 0 bridgehead atoms. The SMILES string of the molecule is Cc1c(N2CC3CCC(C)(NC(=O)[C@H](C)N)C3C2)c(F)cn2c(=O)c(C(=O)O)cc(C3CC3)c12. The van der Waals surface area contributed by atoms with Crippen LogP contribution in [0.1, 0.15) is 66.9 Å². The van der Waals surface area contributed by atoms with E-state index in [4.69, 9.17) is 5.73 Å². The lowest BCUT2D eigenvalue weighted by Crippen LogP contribution is -2.54. The van der Waals surface area contributed by atoms with Gasteiger partial charge in [0, 0.05) is 24.5 Å². The predicted molar refractivity (Wildman–Crippen MR) is 126 cm³/mol. The Bertz CT molecular complexity index is 1270. The molecule has 182 valence electrons. The molecule has 4 atom stereocenters. The molecule has 2 aliphatic carbocycles. The van der Waals surface area contributed by atoms with Gasteiger partial charge in [0.05, 0.1) is 23.4 Å². The molecule has 2 aromatic heterocycles. The molecule has 3 fully saturated rings. The zero-order chi connectivity index (χ0) is 24.5. The molecular weight excluding hydrogens is 439 g/mol. The van der Waals surface area contributed by atoms with Gasteiger partial charge in [0.1, 0.15) is 5.56 Å². The minimum Gasteiger partial charge on any atom is -0.477 e. The molecule has 1 amide bonds. The van der Waals surface area contributed by atoms with Crippen LogP contribution in [0.25, 0.3) is 5.52 Å². The van der Waals surface area contributed by atoms with Crippen LogP contribution in [0.15, 0.2) is 17.1 Å². The lowest BCUT2D eigenvalue weighted by molar-refractivity contribution is -0.124. The first kappa shape index (κ1) is 22.8. The fraction of sp³-hybridized carbons (Fsp3) is 0.560. The van der Waals surface area contributed by atoms with Crippen molar-refractivity contribution in [1.29, 1.82) is 0 Å². The Labute approximate surface area is 196 Å². The smallest absolute Gasteiger partial charge is 0.341 e. The number of amides is 1. The van der Waals surface area contributed by atoms with E-state index in [0.717, 1.165) is 37.4 Å². The van der Waals surface area contributed by atoms with Gasteiger partial charge < -0.3 is 21.1 Å². The summed E-state index contributed by atoms with van der Waals surface area (Å²) >= 11 is 0. The highest BCUT2D eigenvalue weighted by molar-refractivity contribution is 5.89. The molecule has 2 saturated carbocycles. The van der Waals surface area contributed by atoms with Crippen LogP contribution < -0.4 is 21.5 Å². The van der Waals surface area contributed by atoms with Gasteiger partial charge in [-0.05, 0) is 75.5 Å². The first-order valence-corrected chi connectivity index (χ1v) is 12.0. The number of rotatable bonds is 5. The Hall–Kier alpha value is -2.94. The summed E-state index contributed by atoms with van der Waals surface area (Å²) in [6, 6.07) is 0.884. The second-order valence-electron chi connectivity index (χ2n) is 10.6. The van der Waals surface area contributed by atoms with E-state index in [1.165, 1.54) is 10.5 Å². The topological polar surface area (TPSA) is 117 Å². The van der Waals surface area contributed by atoms with Crippen LogP contribution >= 0.6 is 0 Å². The zero-order valence-corrected chi connectivity index (χ0v) is 19.7. The normalized spacial score (nSPS) is 27.1. The number of nitrogens with two attached hydrogens (primary N) is 1. The number of fused-ring (bicyclic) bond motifs is 2. The lowest BCUT2D eigenvalue weighted by Gasteiger charge is -2.34. The lowest BCUT2D eigenvalue weighted by atomic mass is 9.86. The number of hydrogen-bond donors (Lipinski definition) is 3. The van der Waals surface area contributed by atoms with Crippen LogP contribution in [0.2, 0.25) is 0 Å². The van der Waals surface area contributed by atoms with Crippen molar-refractivity contribution >= 4 is 23.1 Å². The highest BCUT2D eigenvalue weighted by atomic mass is 19.1. The van der Waals surface area contributed by atoms with Gasteiger partial charge >= 0.3 is 5.97 Å². The Morgan fingerprint density at radius 2 is 2.00 bits per heavy atom. The number of anilines is 1. The average molecular weight is 471 g/mol.